The zero-order chi connectivity index (χ0) is 19.5. The molecular formula is C18H31IN4O4S. The molecule has 3 N–H and O–H groups in total. The first-order valence-electron chi connectivity index (χ1n) is 9.17. The van der Waals surface area contributed by atoms with Crippen molar-refractivity contribution in [1.82, 2.24) is 15.4 Å². The Morgan fingerprint density at radius 1 is 1.29 bits per heavy atom. The molecule has 2 rings (SSSR count). The Bertz CT molecular complexity index is 692. The number of sulfonamides is 1. The average molecular weight is 526 g/mol. The minimum atomic E-state index is -3.40. The number of benzene rings is 1. The molecule has 8 nitrogen and oxygen atoms in total. The third-order valence-electron chi connectivity index (χ3n) is 4.32. The summed E-state index contributed by atoms with van der Waals surface area (Å²) in [6, 6.07) is 6.74. The molecule has 0 radical (unpaired) electrons. The summed E-state index contributed by atoms with van der Waals surface area (Å²) in [5.74, 6) is 1.24. The lowest BCUT2D eigenvalue weighted by molar-refractivity contribution is 0.0888. The smallest absolute Gasteiger partial charge is 0.240 e. The second-order valence-electron chi connectivity index (χ2n) is 6.36. The predicted octanol–water partition coefficient (Wildman–Crippen LogP) is 1.32. The number of guanidine groups is 1. The van der Waals surface area contributed by atoms with Crippen LogP contribution in [0.4, 0.5) is 0 Å². The van der Waals surface area contributed by atoms with Gasteiger partial charge in [0.15, 0.2) is 5.96 Å². The van der Waals surface area contributed by atoms with Crippen LogP contribution in [-0.4, -0.2) is 61.4 Å². The molecule has 0 amide bonds. The van der Waals surface area contributed by atoms with Crippen molar-refractivity contribution in [2.75, 3.05) is 47.1 Å². The summed E-state index contributed by atoms with van der Waals surface area (Å²) in [6.07, 6.45) is 1.99. The van der Waals surface area contributed by atoms with Crippen molar-refractivity contribution in [1.29, 1.82) is 0 Å². The van der Waals surface area contributed by atoms with Gasteiger partial charge >= 0.3 is 0 Å². The van der Waals surface area contributed by atoms with Crippen LogP contribution in [0.15, 0.2) is 34.2 Å². The molecule has 160 valence electrons. The molecule has 1 unspecified atom stereocenters. The van der Waals surface area contributed by atoms with Crippen molar-refractivity contribution < 1.29 is 17.9 Å². The first-order valence-corrected chi connectivity index (χ1v) is 10.7. The van der Waals surface area contributed by atoms with Gasteiger partial charge in [0, 0.05) is 39.3 Å². The van der Waals surface area contributed by atoms with Gasteiger partial charge in [0.1, 0.15) is 0 Å². The van der Waals surface area contributed by atoms with Crippen molar-refractivity contribution in [3.8, 4) is 0 Å². The molecule has 0 bridgehead atoms. The van der Waals surface area contributed by atoms with Crippen LogP contribution in [0.5, 0.6) is 0 Å². The van der Waals surface area contributed by atoms with Gasteiger partial charge in [0.2, 0.25) is 10.0 Å². The summed E-state index contributed by atoms with van der Waals surface area (Å²) in [5, 5.41) is 6.45. The molecule has 1 aromatic carbocycles. The number of ether oxygens (including phenoxy) is 2. The third kappa shape index (κ3) is 8.60. The van der Waals surface area contributed by atoms with Crippen molar-refractivity contribution in [2.45, 2.75) is 24.3 Å². The first kappa shape index (κ1) is 25.1. The SMILES string of the molecule is CN=C(NCCCOCC1CCOC1)NCc1ccc(S(=O)(=O)NC)cc1.I. The summed E-state index contributed by atoms with van der Waals surface area (Å²) < 4.78 is 36.7. The van der Waals surface area contributed by atoms with Crippen LogP contribution >= 0.6 is 24.0 Å². The third-order valence-corrected chi connectivity index (χ3v) is 5.75. The molecule has 0 spiro atoms. The van der Waals surface area contributed by atoms with Crippen LogP contribution in [0.3, 0.4) is 0 Å². The van der Waals surface area contributed by atoms with Gasteiger partial charge < -0.3 is 20.1 Å². The van der Waals surface area contributed by atoms with Gasteiger partial charge in [-0.25, -0.2) is 13.1 Å². The predicted molar refractivity (Wildman–Crippen MR) is 121 cm³/mol. The second-order valence-corrected chi connectivity index (χ2v) is 8.25. The average Bonchev–Trinajstić information content (AvgIpc) is 3.20. The molecule has 1 aliphatic rings. The molecule has 1 aromatic rings. The Balaban J connectivity index is 0.00000392. The van der Waals surface area contributed by atoms with Gasteiger partial charge in [0.25, 0.3) is 0 Å². The lowest BCUT2D eigenvalue weighted by Crippen LogP contribution is -2.37. The largest absolute Gasteiger partial charge is 0.381 e. The molecular weight excluding hydrogens is 495 g/mol. The Labute approximate surface area is 184 Å². The Morgan fingerprint density at radius 3 is 2.64 bits per heavy atom. The van der Waals surface area contributed by atoms with E-state index in [-0.39, 0.29) is 28.9 Å². The van der Waals surface area contributed by atoms with E-state index in [0.717, 1.165) is 44.8 Å². The number of hydrogen-bond donors (Lipinski definition) is 3. The van der Waals surface area contributed by atoms with E-state index in [1.54, 1.807) is 31.3 Å². The van der Waals surface area contributed by atoms with Crippen LogP contribution in [0.2, 0.25) is 0 Å². The topological polar surface area (TPSA) is 101 Å². The summed E-state index contributed by atoms with van der Waals surface area (Å²) >= 11 is 0. The van der Waals surface area contributed by atoms with Gasteiger partial charge in [-0.2, -0.15) is 0 Å². The van der Waals surface area contributed by atoms with Gasteiger partial charge in [-0.05, 0) is 37.6 Å². The number of nitrogens with one attached hydrogen (secondary N) is 3. The minimum absolute atomic E-state index is 0. The van der Waals surface area contributed by atoms with E-state index in [0.29, 0.717) is 25.0 Å². The molecule has 10 heteroatoms. The van der Waals surface area contributed by atoms with Crippen LogP contribution < -0.4 is 15.4 Å². The Hall–Kier alpha value is -0.950. The molecule has 0 aromatic heterocycles. The van der Waals surface area contributed by atoms with Gasteiger partial charge in [-0.1, -0.05) is 12.1 Å². The first-order chi connectivity index (χ1) is 13.0. The monoisotopic (exact) mass is 526 g/mol. The maximum Gasteiger partial charge on any atom is 0.240 e. The molecule has 1 heterocycles. The molecule has 0 saturated carbocycles. The highest BCUT2D eigenvalue weighted by atomic mass is 127. The van der Waals surface area contributed by atoms with Crippen molar-refractivity contribution in [2.24, 2.45) is 10.9 Å². The van der Waals surface area contributed by atoms with Crippen molar-refractivity contribution in [3.05, 3.63) is 29.8 Å². The Kier molecular flexibility index (Phi) is 11.9. The maximum absolute atomic E-state index is 11.7. The highest BCUT2D eigenvalue weighted by molar-refractivity contribution is 14.0. The quantitative estimate of drug-likeness (QED) is 0.184. The zero-order valence-electron chi connectivity index (χ0n) is 16.4. The summed E-state index contributed by atoms with van der Waals surface area (Å²) in [5.41, 5.74) is 0.968. The fourth-order valence-corrected chi connectivity index (χ4v) is 3.39. The molecule has 1 atom stereocenters. The van der Waals surface area contributed by atoms with Gasteiger partial charge in [0.05, 0.1) is 18.1 Å². The van der Waals surface area contributed by atoms with Crippen LogP contribution in [0.1, 0.15) is 18.4 Å². The van der Waals surface area contributed by atoms with E-state index in [1.807, 2.05) is 0 Å². The van der Waals surface area contributed by atoms with E-state index in [2.05, 4.69) is 20.3 Å². The minimum Gasteiger partial charge on any atom is -0.381 e. The van der Waals surface area contributed by atoms with Crippen LogP contribution in [0, 0.1) is 5.92 Å². The van der Waals surface area contributed by atoms with Crippen LogP contribution in [0.25, 0.3) is 0 Å². The number of aliphatic imine (C=N–C) groups is 1. The summed E-state index contributed by atoms with van der Waals surface area (Å²) in [7, 11) is -0.287. The Morgan fingerprint density at radius 2 is 2.04 bits per heavy atom. The fraction of sp³-hybridized carbons (Fsp3) is 0.611. The van der Waals surface area contributed by atoms with E-state index >= 15 is 0 Å². The molecule has 28 heavy (non-hydrogen) atoms. The highest BCUT2D eigenvalue weighted by Crippen LogP contribution is 2.12. The van der Waals surface area contributed by atoms with Crippen LogP contribution in [-0.2, 0) is 26.0 Å². The second kappa shape index (κ2) is 13.3. The van der Waals surface area contributed by atoms with Gasteiger partial charge in [-0.3, -0.25) is 4.99 Å². The molecule has 1 fully saturated rings. The van der Waals surface area contributed by atoms with E-state index < -0.39 is 10.0 Å². The lowest BCUT2D eigenvalue weighted by atomic mass is 10.1. The zero-order valence-corrected chi connectivity index (χ0v) is 19.6. The maximum atomic E-state index is 11.7. The van der Waals surface area contributed by atoms with Crippen molar-refractivity contribution in [3.63, 3.8) is 0 Å². The lowest BCUT2D eigenvalue weighted by Gasteiger charge is -2.13. The molecule has 0 aliphatic carbocycles. The normalized spacial score (nSPS) is 17.2. The standard InChI is InChI=1S/C18H30N4O4S.HI/c1-19-18(21-9-3-10-25-13-16-8-11-26-14-16)22-12-15-4-6-17(7-5-15)27(23,24)20-2;/h4-7,16,20H,3,8-14H2,1-2H3,(H2,19,21,22);1H. The van der Waals surface area contributed by atoms with E-state index in [9.17, 15) is 8.42 Å². The molecule has 1 saturated heterocycles. The molecule has 1 aliphatic heterocycles. The number of halogens is 1. The fourth-order valence-electron chi connectivity index (χ4n) is 2.66. The van der Waals surface area contributed by atoms with E-state index in [4.69, 9.17) is 9.47 Å². The van der Waals surface area contributed by atoms with Crippen molar-refractivity contribution >= 4 is 40.0 Å². The number of rotatable bonds is 10. The van der Waals surface area contributed by atoms with E-state index in [1.165, 1.54) is 7.05 Å². The number of nitrogens with zero attached hydrogens (tertiary/aromatic N) is 1. The summed E-state index contributed by atoms with van der Waals surface area (Å²) in [6.45, 7) is 4.47. The summed E-state index contributed by atoms with van der Waals surface area (Å²) in [4.78, 5) is 4.44. The highest BCUT2D eigenvalue weighted by Gasteiger charge is 2.15. The van der Waals surface area contributed by atoms with Gasteiger partial charge in [-0.15, -0.1) is 24.0 Å². The number of hydrogen-bond acceptors (Lipinski definition) is 5.